The molecule has 9 heteroatoms. The molecule has 32 heavy (non-hydrogen) atoms. The Morgan fingerprint density at radius 1 is 1.03 bits per heavy atom. The Bertz CT molecular complexity index is 1050. The molecular formula is C23H26N4O5. The molecule has 1 heterocycles. The first-order valence-electron chi connectivity index (χ1n) is 9.79. The molecule has 0 fully saturated rings. The Balaban J connectivity index is 1.76. The highest BCUT2D eigenvalue weighted by atomic mass is 16.5. The van der Waals surface area contributed by atoms with E-state index in [4.69, 9.17) is 18.9 Å². The van der Waals surface area contributed by atoms with Gasteiger partial charge in [-0.2, -0.15) is 10.2 Å². The Kier molecular flexibility index (Phi) is 7.45. The van der Waals surface area contributed by atoms with Crippen molar-refractivity contribution in [2.45, 2.75) is 13.0 Å². The third-order valence-electron chi connectivity index (χ3n) is 4.85. The van der Waals surface area contributed by atoms with Crippen LogP contribution in [0.5, 0.6) is 17.2 Å². The number of hydrogen-bond acceptors (Lipinski definition) is 7. The lowest BCUT2D eigenvalue weighted by Gasteiger charge is -2.16. The van der Waals surface area contributed by atoms with Gasteiger partial charge in [0.2, 0.25) is 5.75 Å². The smallest absolute Gasteiger partial charge is 0.273 e. The normalized spacial score (nSPS) is 12.2. The molecule has 168 valence electrons. The van der Waals surface area contributed by atoms with Crippen molar-refractivity contribution in [2.75, 3.05) is 28.4 Å². The van der Waals surface area contributed by atoms with Gasteiger partial charge in [-0.05, 0) is 42.8 Å². The molecule has 0 saturated carbocycles. The van der Waals surface area contributed by atoms with E-state index < -0.39 is 12.0 Å². The van der Waals surface area contributed by atoms with Crippen LogP contribution in [-0.2, 0) is 9.53 Å². The van der Waals surface area contributed by atoms with Gasteiger partial charge in [-0.25, -0.2) is 10.1 Å². The van der Waals surface area contributed by atoms with Crippen molar-refractivity contribution in [3.63, 3.8) is 0 Å². The molecule has 1 amide bonds. The monoisotopic (exact) mass is 438 g/mol. The Morgan fingerprint density at radius 3 is 2.19 bits per heavy atom. The Labute approximate surface area is 186 Å². The minimum Gasteiger partial charge on any atom is -0.493 e. The van der Waals surface area contributed by atoms with Crippen LogP contribution in [0.15, 0.2) is 60.0 Å². The molecule has 2 aromatic carbocycles. The van der Waals surface area contributed by atoms with Crippen molar-refractivity contribution in [1.29, 1.82) is 0 Å². The van der Waals surface area contributed by atoms with Crippen LogP contribution >= 0.6 is 0 Å². The van der Waals surface area contributed by atoms with Gasteiger partial charge in [-0.15, -0.1) is 0 Å². The number of nitrogens with zero attached hydrogens (tertiary/aromatic N) is 3. The van der Waals surface area contributed by atoms with Gasteiger partial charge in [-0.3, -0.25) is 4.79 Å². The van der Waals surface area contributed by atoms with E-state index in [1.807, 2.05) is 36.5 Å². The molecule has 9 nitrogen and oxygen atoms in total. The molecule has 0 radical (unpaired) electrons. The van der Waals surface area contributed by atoms with Crippen LogP contribution in [-0.4, -0.2) is 49.8 Å². The average molecular weight is 438 g/mol. The summed E-state index contributed by atoms with van der Waals surface area (Å²) in [4.78, 5) is 12.7. The van der Waals surface area contributed by atoms with Crippen LogP contribution in [0.2, 0.25) is 0 Å². The number of aromatic nitrogens is 2. The molecule has 3 rings (SSSR count). The number of carbonyl (C=O) groups is 1. The summed E-state index contributed by atoms with van der Waals surface area (Å²) in [5, 5.41) is 8.42. The first kappa shape index (κ1) is 22.8. The second-order valence-corrected chi connectivity index (χ2v) is 6.75. The highest BCUT2D eigenvalue weighted by molar-refractivity contribution is 6.00. The van der Waals surface area contributed by atoms with Gasteiger partial charge in [0.1, 0.15) is 0 Å². The molecule has 0 aliphatic rings. The molecular weight excluding hydrogens is 412 g/mol. The minimum absolute atomic E-state index is 0.397. The van der Waals surface area contributed by atoms with E-state index in [1.54, 1.807) is 29.9 Å². The molecule has 0 spiro atoms. The molecule has 0 bridgehead atoms. The maximum Gasteiger partial charge on any atom is 0.273 e. The van der Waals surface area contributed by atoms with Gasteiger partial charge in [0.05, 0.1) is 32.7 Å². The summed E-state index contributed by atoms with van der Waals surface area (Å²) in [7, 11) is 6.08. The summed E-state index contributed by atoms with van der Waals surface area (Å²) in [6, 6.07) is 12.7. The Hall–Kier alpha value is -3.85. The van der Waals surface area contributed by atoms with Crippen LogP contribution in [0.3, 0.4) is 0 Å². The number of benzene rings is 2. The van der Waals surface area contributed by atoms with Crippen LogP contribution in [0.25, 0.3) is 5.69 Å². The fraction of sp³-hybridized carbons (Fsp3) is 0.261. The number of methoxy groups -OCH3 is 4. The van der Waals surface area contributed by atoms with Crippen LogP contribution < -0.4 is 19.6 Å². The summed E-state index contributed by atoms with van der Waals surface area (Å²) >= 11 is 0. The lowest BCUT2D eigenvalue weighted by atomic mass is 10.1. The van der Waals surface area contributed by atoms with Crippen LogP contribution in [0, 0.1) is 0 Å². The third kappa shape index (κ3) is 4.89. The zero-order chi connectivity index (χ0) is 23.1. The predicted octanol–water partition coefficient (Wildman–Crippen LogP) is 3.13. The largest absolute Gasteiger partial charge is 0.493 e. The van der Waals surface area contributed by atoms with Crippen molar-refractivity contribution in [2.24, 2.45) is 5.10 Å². The lowest BCUT2D eigenvalue weighted by Crippen LogP contribution is -2.27. The standard InChI is InChI=1S/C23H26N4O5/c1-15(17-13-19(29-2)22(32-5)20(14-17)30-3)25-26-23(28)21(31-4)16-7-9-18(10-8-16)27-12-6-11-24-27/h6-14,21H,1-5H3,(H,26,28). The maximum atomic E-state index is 12.7. The summed E-state index contributed by atoms with van der Waals surface area (Å²) in [5.74, 6) is 1.07. The highest BCUT2D eigenvalue weighted by Gasteiger charge is 2.20. The number of nitrogens with one attached hydrogen (secondary N) is 1. The van der Waals surface area contributed by atoms with E-state index in [-0.39, 0.29) is 0 Å². The number of hydrazone groups is 1. The maximum absolute atomic E-state index is 12.7. The second-order valence-electron chi connectivity index (χ2n) is 6.75. The highest BCUT2D eigenvalue weighted by Crippen LogP contribution is 2.38. The van der Waals surface area contributed by atoms with Crippen molar-refractivity contribution in [1.82, 2.24) is 15.2 Å². The van der Waals surface area contributed by atoms with Crippen molar-refractivity contribution in [3.05, 3.63) is 66.0 Å². The van der Waals surface area contributed by atoms with Gasteiger partial charge < -0.3 is 18.9 Å². The molecule has 0 aliphatic heterocycles. The van der Waals surface area contributed by atoms with E-state index in [0.717, 1.165) is 5.69 Å². The molecule has 0 aliphatic carbocycles. The van der Waals surface area contributed by atoms with Crippen molar-refractivity contribution in [3.8, 4) is 22.9 Å². The van der Waals surface area contributed by atoms with Crippen LogP contribution in [0.1, 0.15) is 24.2 Å². The fourth-order valence-corrected chi connectivity index (χ4v) is 3.17. The fourth-order valence-electron chi connectivity index (χ4n) is 3.17. The molecule has 1 N–H and O–H groups in total. The third-order valence-corrected chi connectivity index (χ3v) is 4.85. The summed E-state index contributed by atoms with van der Waals surface area (Å²) in [5.41, 5.74) is 5.41. The van der Waals surface area contributed by atoms with E-state index in [0.29, 0.717) is 34.1 Å². The van der Waals surface area contributed by atoms with Gasteiger partial charge in [0.25, 0.3) is 5.91 Å². The van der Waals surface area contributed by atoms with E-state index in [2.05, 4.69) is 15.6 Å². The number of carbonyl (C=O) groups excluding carboxylic acids is 1. The van der Waals surface area contributed by atoms with Gasteiger partial charge in [-0.1, -0.05) is 12.1 Å². The molecule has 3 aromatic rings. The quantitative estimate of drug-likeness (QED) is 0.407. The zero-order valence-electron chi connectivity index (χ0n) is 18.7. The van der Waals surface area contributed by atoms with E-state index in [1.165, 1.54) is 28.4 Å². The first-order chi connectivity index (χ1) is 15.5. The second kappa shape index (κ2) is 10.5. The van der Waals surface area contributed by atoms with Crippen molar-refractivity contribution < 1.29 is 23.7 Å². The van der Waals surface area contributed by atoms with Crippen LogP contribution in [0.4, 0.5) is 0 Å². The SMILES string of the molecule is COc1cc(C(C)=NNC(=O)C(OC)c2ccc(-n3cccn3)cc2)cc(OC)c1OC. The number of ether oxygens (including phenoxy) is 4. The number of rotatable bonds is 9. The van der Waals surface area contributed by atoms with Gasteiger partial charge in [0, 0.05) is 25.1 Å². The Morgan fingerprint density at radius 2 is 1.69 bits per heavy atom. The first-order valence-corrected chi connectivity index (χ1v) is 9.79. The summed E-state index contributed by atoms with van der Waals surface area (Å²) in [6.07, 6.45) is 2.72. The lowest BCUT2D eigenvalue weighted by molar-refractivity contribution is -0.131. The topological polar surface area (TPSA) is 96.2 Å². The van der Waals surface area contributed by atoms with Crippen molar-refractivity contribution >= 4 is 11.6 Å². The number of amides is 1. The van der Waals surface area contributed by atoms with E-state index in [9.17, 15) is 4.79 Å². The predicted molar refractivity (Wildman–Crippen MR) is 120 cm³/mol. The molecule has 0 saturated heterocycles. The summed E-state index contributed by atoms with van der Waals surface area (Å²) in [6.45, 7) is 1.77. The molecule has 1 aromatic heterocycles. The molecule has 1 unspecified atom stereocenters. The minimum atomic E-state index is -0.821. The molecule has 1 atom stereocenters. The van der Waals surface area contributed by atoms with Gasteiger partial charge >= 0.3 is 0 Å². The summed E-state index contributed by atoms with van der Waals surface area (Å²) < 4.78 is 23.2. The van der Waals surface area contributed by atoms with Gasteiger partial charge in [0.15, 0.2) is 17.6 Å². The number of hydrogen-bond donors (Lipinski definition) is 1. The average Bonchev–Trinajstić information content (AvgIpc) is 3.37. The zero-order valence-corrected chi connectivity index (χ0v) is 18.7. The van der Waals surface area contributed by atoms with E-state index >= 15 is 0 Å².